The number of carbonyl (C=O) groups excluding carboxylic acids is 2. The van der Waals surface area contributed by atoms with Crippen molar-refractivity contribution in [2.75, 3.05) is 38.0 Å². The van der Waals surface area contributed by atoms with E-state index in [0.29, 0.717) is 55.7 Å². The van der Waals surface area contributed by atoms with E-state index in [1.165, 1.54) is 12.1 Å². The van der Waals surface area contributed by atoms with Gasteiger partial charge in [0.25, 0.3) is 0 Å². The highest BCUT2D eigenvalue weighted by atomic mass is 19.4. The van der Waals surface area contributed by atoms with Gasteiger partial charge in [-0.15, -0.1) is 0 Å². The molecule has 0 bridgehead atoms. The van der Waals surface area contributed by atoms with Gasteiger partial charge in [-0.2, -0.15) is 13.2 Å². The van der Waals surface area contributed by atoms with Crippen molar-refractivity contribution in [3.8, 4) is 0 Å². The Bertz CT molecular complexity index is 1230. The molecule has 10 nitrogen and oxygen atoms in total. The van der Waals surface area contributed by atoms with E-state index in [2.05, 4.69) is 10.6 Å². The molecule has 0 saturated carbocycles. The molecule has 0 fully saturated rings. The summed E-state index contributed by atoms with van der Waals surface area (Å²) in [6.07, 6.45) is -3.45. The second kappa shape index (κ2) is 15.0. The molecule has 0 spiro atoms. The number of nitrogens with one attached hydrogen (secondary N) is 2. The highest BCUT2D eigenvalue weighted by Gasteiger charge is 2.40. The first-order valence-electron chi connectivity index (χ1n) is 14.4. The molecular weight excluding hydrogens is 564 g/mol. The summed E-state index contributed by atoms with van der Waals surface area (Å²) in [6.45, 7) is 5.31. The molecule has 2 amide bonds. The Kier molecular flexibility index (Phi) is 12.0. The van der Waals surface area contributed by atoms with E-state index in [1.807, 2.05) is 26.0 Å². The van der Waals surface area contributed by atoms with Crippen molar-refractivity contribution in [2.45, 2.75) is 63.4 Å². The summed E-state index contributed by atoms with van der Waals surface area (Å²) in [4.78, 5) is 27.1. The average Bonchev–Trinajstić information content (AvgIpc) is 3.19. The summed E-state index contributed by atoms with van der Waals surface area (Å²) in [5.74, 6) is -0.638. The van der Waals surface area contributed by atoms with Crippen molar-refractivity contribution < 1.29 is 32.4 Å². The molecule has 1 aliphatic rings. The van der Waals surface area contributed by atoms with E-state index < -0.39 is 42.5 Å². The summed E-state index contributed by atoms with van der Waals surface area (Å²) < 4.78 is 44.5. The zero-order valence-electron chi connectivity index (χ0n) is 24.6. The minimum atomic E-state index is -4.42. The summed E-state index contributed by atoms with van der Waals surface area (Å²) >= 11 is 0. The third kappa shape index (κ3) is 9.67. The average molecular weight is 606 g/mol. The monoisotopic (exact) mass is 606 g/mol. The number of fused-ring (bicyclic) bond motifs is 1. The summed E-state index contributed by atoms with van der Waals surface area (Å²) in [6, 6.07) is 9.01. The number of alkyl halides is 3. The highest BCUT2D eigenvalue weighted by molar-refractivity contribution is 6.62. The normalized spacial score (nSPS) is 15.5. The fourth-order valence-corrected chi connectivity index (χ4v) is 5.05. The van der Waals surface area contributed by atoms with Crippen LogP contribution < -0.4 is 33.3 Å². The van der Waals surface area contributed by atoms with Gasteiger partial charge in [-0.3, -0.25) is 9.59 Å². The van der Waals surface area contributed by atoms with Crippen LogP contribution in [0.4, 0.5) is 18.9 Å². The first-order chi connectivity index (χ1) is 20.2. The first kappa shape index (κ1) is 34.3. The number of carbonyl (C=O) groups is 2. The number of nitrogens with two attached hydrogens (primary N) is 3. The fourth-order valence-electron chi connectivity index (χ4n) is 5.05. The maximum absolute atomic E-state index is 13.0. The van der Waals surface area contributed by atoms with Crippen molar-refractivity contribution in [1.82, 2.24) is 10.2 Å². The van der Waals surface area contributed by atoms with Crippen molar-refractivity contribution in [1.29, 1.82) is 0 Å². The summed E-state index contributed by atoms with van der Waals surface area (Å²) in [7, 11) is -1.06. The topological polar surface area (TPSA) is 169 Å². The van der Waals surface area contributed by atoms with Crippen LogP contribution in [0.25, 0.3) is 0 Å². The Balaban J connectivity index is 1.66. The largest absolute Gasteiger partial charge is 0.492 e. The van der Waals surface area contributed by atoms with E-state index in [0.717, 1.165) is 17.7 Å². The van der Waals surface area contributed by atoms with E-state index in [1.54, 1.807) is 11.0 Å². The molecule has 0 aromatic heterocycles. The highest BCUT2D eigenvalue weighted by Crippen LogP contribution is 2.31. The van der Waals surface area contributed by atoms with E-state index in [4.69, 9.17) is 21.9 Å². The molecule has 0 aliphatic carbocycles. The fraction of sp³-hybridized carbons (Fsp3) is 0.517. The van der Waals surface area contributed by atoms with Gasteiger partial charge in [0, 0.05) is 50.9 Å². The van der Waals surface area contributed by atoms with Crippen LogP contribution >= 0.6 is 0 Å². The van der Waals surface area contributed by atoms with Crippen LogP contribution in [0.2, 0.25) is 0 Å². The van der Waals surface area contributed by atoms with Crippen LogP contribution in [0.1, 0.15) is 49.8 Å². The van der Waals surface area contributed by atoms with Gasteiger partial charge < -0.3 is 42.4 Å². The molecule has 3 rings (SSSR count). The molecule has 2 atom stereocenters. The number of aryl methyl sites for hydroxylation is 1. The van der Waals surface area contributed by atoms with Crippen LogP contribution in [0.15, 0.2) is 42.5 Å². The van der Waals surface area contributed by atoms with Gasteiger partial charge >= 0.3 is 13.3 Å². The predicted molar refractivity (Wildman–Crippen MR) is 160 cm³/mol. The minimum absolute atomic E-state index is 0.0545. The van der Waals surface area contributed by atoms with Gasteiger partial charge in [0.2, 0.25) is 11.8 Å². The number of hydrogen-bond donors (Lipinski definition) is 6. The Morgan fingerprint density at radius 1 is 1.07 bits per heavy atom. The van der Waals surface area contributed by atoms with Crippen molar-refractivity contribution >= 4 is 30.1 Å². The Labute approximate surface area is 250 Å². The lowest BCUT2D eigenvalue weighted by Crippen LogP contribution is -2.48. The van der Waals surface area contributed by atoms with E-state index >= 15 is 0 Å². The second-order valence-electron chi connectivity index (χ2n) is 11.2. The molecule has 9 N–H and O–H groups in total. The molecular formula is C29H42BF3N6O4. The first-order valence-corrected chi connectivity index (χ1v) is 14.4. The van der Waals surface area contributed by atoms with Crippen LogP contribution in [-0.4, -0.2) is 73.7 Å². The number of halogens is 3. The van der Waals surface area contributed by atoms with E-state index in [-0.39, 0.29) is 25.3 Å². The third-order valence-corrected chi connectivity index (χ3v) is 7.49. The lowest BCUT2D eigenvalue weighted by Gasteiger charge is -2.24. The van der Waals surface area contributed by atoms with Gasteiger partial charge in [-0.25, -0.2) is 0 Å². The molecule has 43 heavy (non-hydrogen) atoms. The molecule has 14 heteroatoms. The van der Waals surface area contributed by atoms with Crippen LogP contribution in [-0.2, 0) is 32.4 Å². The molecule has 1 aliphatic heterocycles. The third-order valence-electron chi connectivity index (χ3n) is 7.49. The molecule has 0 radical (unpaired) electrons. The van der Waals surface area contributed by atoms with E-state index in [9.17, 15) is 27.8 Å². The van der Waals surface area contributed by atoms with Crippen LogP contribution in [0, 0.1) is 0 Å². The standard InChI is InChI=1S/C29H42BF3N6O4/c1-28(2)23-10-9-21(17-24(23)30(42)43-28)37-18-22(8-5-19-3-6-20(7-4-19)29(31,32)33)38-27(41)25(36)11-12-26(40)39(15-13-34)16-14-35/h3-4,6-7,9-10,17,22,25,37,42H,5,8,11-16,18,34-36H2,1-2H3,(H,38,41)/t22-,25+/m1/s1. The zero-order valence-corrected chi connectivity index (χ0v) is 24.6. The molecule has 1 heterocycles. The maximum atomic E-state index is 13.0. The lowest BCUT2D eigenvalue weighted by atomic mass is 9.78. The van der Waals surface area contributed by atoms with Crippen LogP contribution in [0.3, 0.4) is 0 Å². The molecule has 0 saturated heterocycles. The second-order valence-corrected chi connectivity index (χ2v) is 11.2. The smallest absolute Gasteiger partial charge is 0.423 e. The van der Waals surface area contributed by atoms with Gasteiger partial charge in [0.15, 0.2) is 0 Å². The summed E-state index contributed by atoms with van der Waals surface area (Å²) in [5.41, 5.74) is 18.8. The molecule has 2 aromatic carbocycles. The number of rotatable bonds is 15. The van der Waals surface area contributed by atoms with Crippen LogP contribution in [0.5, 0.6) is 0 Å². The zero-order chi connectivity index (χ0) is 31.8. The van der Waals surface area contributed by atoms with Gasteiger partial charge in [-0.05, 0) is 74.0 Å². The Morgan fingerprint density at radius 3 is 2.33 bits per heavy atom. The lowest BCUT2D eigenvalue weighted by molar-refractivity contribution is -0.137. The quantitative estimate of drug-likeness (QED) is 0.164. The Hall–Kier alpha value is -3.17. The Morgan fingerprint density at radius 2 is 1.72 bits per heavy atom. The molecule has 2 aromatic rings. The van der Waals surface area contributed by atoms with Gasteiger partial charge in [-0.1, -0.05) is 18.2 Å². The van der Waals surface area contributed by atoms with Gasteiger partial charge in [0.1, 0.15) is 0 Å². The molecule has 0 unspecified atom stereocenters. The van der Waals surface area contributed by atoms with Crippen molar-refractivity contribution in [3.05, 3.63) is 59.2 Å². The maximum Gasteiger partial charge on any atom is 0.492 e. The number of anilines is 1. The molecule has 236 valence electrons. The minimum Gasteiger partial charge on any atom is -0.423 e. The number of benzene rings is 2. The number of hydrogen-bond acceptors (Lipinski definition) is 8. The number of nitrogens with zero attached hydrogens (tertiary/aromatic N) is 1. The predicted octanol–water partition coefficient (Wildman–Crippen LogP) is 1.04. The number of amides is 2. The van der Waals surface area contributed by atoms with Crippen molar-refractivity contribution in [2.24, 2.45) is 17.2 Å². The summed E-state index contributed by atoms with van der Waals surface area (Å²) in [5, 5.41) is 16.5. The SMILES string of the molecule is CC1(C)OB(O)c2cc(NC[C@@H](CCc3ccc(C(F)(F)F)cc3)NC(=O)[C@@H](N)CCC(=O)N(CCN)CCN)ccc21. The van der Waals surface area contributed by atoms with Crippen molar-refractivity contribution in [3.63, 3.8) is 0 Å². The van der Waals surface area contributed by atoms with Gasteiger partial charge in [0.05, 0.1) is 17.2 Å².